The quantitative estimate of drug-likeness (QED) is 0.500. The lowest BCUT2D eigenvalue weighted by Gasteiger charge is -2.33. The normalized spacial score (nSPS) is 15.8. The summed E-state index contributed by atoms with van der Waals surface area (Å²) in [6.07, 6.45) is 0.619. The maximum atomic E-state index is 13.5. The summed E-state index contributed by atoms with van der Waals surface area (Å²) >= 11 is 0. The van der Waals surface area contributed by atoms with Crippen LogP contribution in [0.3, 0.4) is 0 Å². The molecule has 0 bridgehead atoms. The Morgan fingerprint density at radius 2 is 1.81 bits per heavy atom. The minimum Gasteiger partial charge on any atom is -0.312 e. The summed E-state index contributed by atoms with van der Waals surface area (Å²) in [6, 6.07) is 18.2. The third-order valence-corrected chi connectivity index (χ3v) is 6.22. The van der Waals surface area contributed by atoms with Crippen LogP contribution in [0.5, 0.6) is 0 Å². The second-order valence-electron chi connectivity index (χ2n) is 8.78. The molecule has 1 aliphatic rings. The van der Waals surface area contributed by atoms with Gasteiger partial charge in [-0.05, 0) is 42.5 Å². The molecule has 2 aromatic heterocycles. The highest BCUT2D eigenvalue weighted by Gasteiger charge is 2.29. The van der Waals surface area contributed by atoms with Crippen molar-refractivity contribution in [3.05, 3.63) is 86.6 Å². The molecule has 3 heterocycles. The Morgan fingerprint density at radius 3 is 2.56 bits per heavy atom. The maximum absolute atomic E-state index is 13.5. The number of hydrogen-bond donors (Lipinski definition) is 0. The molecule has 1 aliphatic heterocycles. The summed E-state index contributed by atoms with van der Waals surface area (Å²) in [5, 5.41) is 0. The summed E-state index contributed by atoms with van der Waals surface area (Å²) in [4.78, 5) is 33.5. The molecular formula is C25H27N5O2. The lowest BCUT2D eigenvalue weighted by atomic mass is 10.1. The topological polar surface area (TPSA) is 65.1 Å². The maximum Gasteiger partial charge on any atom is 0.332 e. The standard InChI is InChI=1S/C25H27N5O2/c1-17-8-7-11-20(14-17)29-15-18(2)16-30-21-22(26-24(29)30)27(3)25(32)28(23(21)31)13-12-19-9-5-4-6-10-19/h4-11,14,18H,12-13,15-16H2,1-3H3/t18-/m0/s1. The van der Waals surface area contributed by atoms with Crippen LogP contribution in [0.4, 0.5) is 11.6 Å². The van der Waals surface area contributed by atoms with Crippen LogP contribution in [0.1, 0.15) is 18.1 Å². The van der Waals surface area contributed by atoms with Gasteiger partial charge in [0.1, 0.15) is 0 Å². The number of hydrogen-bond acceptors (Lipinski definition) is 4. The molecule has 0 radical (unpaired) electrons. The molecule has 32 heavy (non-hydrogen) atoms. The molecule has 0 unspecified atom stereocenters. The Kier molecular flexibility index (Phi) is 4.96. The van der Waals surface area contributed by atoms with E-state index in [9.17, 15) is 9.59 Å². The van der Waals surface area contributed by atoms with Crippen molar-refractivity contribution >= 4 is 22.8 Å². The summed E-state index contributed by atoms with van der Waals surface area (Å²) in [7, 11) is 1.70. The van der Waals surface area contributed by atoms with Gasteiger partial charge in [-0.2, -0.15) is 4.98 Å². The fourth-order valence-corrected chi connectivity index (χ4v) is 4.60. The minimum absolute atomic E-state index is 0.268. The fourth-order valence-electron chi connectivity index (χ4n) is 4.60. The first-order chi connectivity index (χ1) is 15.4. The molecule has 1 atom stereocenters. The van der Waals surface area contributed by atoms with E-state index in [0.717, 1.165) is 23.7 Å². The molecular weight excluding hydrogens is 402 g/mol. The van der Waals surface area contributed by atoms with Crippen molar-refractivity contribution in [3.8, 4) is 0 Å². The van der Waals surface area contributed by atoms with Gasteiger partial charge in [-0.1, -0.05) is 49.4 Å². The third-order valence-electron chi connectivity index (χ3n) is 6.22. The van der Waals surface area contributed by atoms with Crippen LogP contribution < -0.4 is 16.1 Å². The van der Waals surface area contributed by atoms with E-state index in [1.54, 1.807) is 7.05 Å². The molecule has 7 heteroatoms. The highest BCUT2D eigenvalue weighted by molar-refractivity contribution is 5.77. The van der Waals surface area contributed by atoms with Crippen molar-refractivity contribution in [2.45, 2.75) is 33.4 Å². The molecule has 0 spiro atoms. The number of aromatic nitrogens is 4. The van der Waals surface area contributed by atoms with Crippen LogP contribution in [-0.2, 0) is 26.6 Å². The zero-order valence-corrected chi connectivity index (χ0v) is 18.7. The summed E-state index contributed by atoms with van der Waals surface area (Å²) in [6.45, 7) is 6.08. The first-order valence-corrected chi connectivity index (χ1v) is 11.0. The zero-order valence-electron chi connectivity index (χ0n) is 18.7. The van der Waals surface area contributed by atoms with Gasteiger partial charge in [0.2, 0.25) is 5.95 Å². The number of rotatable bonds is 4. The van der Waals surface area contributed by atoms with E-state index in [1.807, 2.05) is 41.0 Å². The number of fused-ring (bicyclic) bond motifs is 3. The van der Waals surface area contributed by atoms with Gasteiger partial charge in [0.15, 0.2) is 11.2 Å². The smallest absolute Gasteiger partial charge is 0.312 e. The van der Waals surface area contributed by atoms with E-state index >= 15 is 0 Å². The molecule has 0 aliphatic carbocycles. The van der Waals surface area contributed by atoms with Gasteiger partial charge in [0.25, 0.3) is 5.56 Å². The molecule has 0 fully saturated rings. The van der Waals surface area contributed by atoms with Crippen LogP contribution in [0.15, 0.2) is 64.2 Å². The average molecular weight is 430 g/mol. The second-order valence-corrected chi connectivity index (χ2v) is 8.78. The number of aryl methyl sites for hydroxylation is 3. The predicted molar refractivity (Wildman–Crippen MR) is 127 cm³/mol. The average Bonchev–Trinajstić information content (AvgIpc) is 3.17. The van der Waals surface area contributed by atoms with E-state index in [4.69, 9.17) is 4.98 Å². The fraction of sp³-hybridized carbons (Fsp3) is 0.320. The lowest BCUT2D eigenvalue weighted by Crippen LogP contribution is -2.40. The minimum atomic E-state index is -0.330. The highest BCUT2D eigenvalue weighted by atomic mass is 16.2. The van der Waals surface area contributed by atoms with Gasteiger partial charge in [-0.25, -0.2) is 4.79 Å². The number of anilines is 2. The molecule has 5 rings (SSSR count). The van der Waals surface area contributed by atoms with Crippen molar-refractivity contribution in [2.75, 3.05) is 11.4 Å². The lowest BCUT2D eigenvalue weighted by molar-refractivity contribution is 0.457. The van der Waals surface area contributed by atoms with Crippen LogP contribution >= 0.6 is 0 Å². The number of nitrogens with zero attached hydrogens (tertiary/aromatic N) is 5. The van der Waals surface area contributed by atoms with E-state index in [1.165, 1.54) is 14.7 Å². The Hall–Kier alpha value is -3.61. The molecule has 4 aromatic rings. The van der Waals surface area contributed by atoms with Gasteiger partial charge in [0.05, 0.1) is 0 Å². The van der Waals surface area contributed by atoms with Crippen LogP contribution in [0, 0.1) is 12.8 Å². The van der Waals surface area contributed by atoms with Crippen molar-refractivity contribution in [1.29, 1.82) is 0 Å². The Bertz CT molecular complexity index is 1410. The molecule has 0 saturated heterocycles. The molecule has 7 nitrogen and oxygen atoms in total. The largest absolute Gasteiger partial charge is 0.332 e. The van der Waals surface area contributed by atoms with Gasteiger partial charge in [0, 0.05) is 32.4 Å². The van der Waals surface area contributed by atoms with Gasteiger partial charge >= 0.3 is 5.69 Å². The second kappa shape index (κ2) is 7.82. The Balaban J connectivity index is 1.66. The van der Waals surface area contributed by atoms with E-state index in [-0.39, 0.29) is 11.2 Å². The Labute approximate surface area is 186 Å². The Morgan fingerprint density at radius 1 is 1.03 bits per heavy atom. The molecule has 0 N–H and O–H groups in total. The van der Waals surface area contributed by atoms with E-state index in [0.29, 0.717) is 36.6 Å². The summed E-state index contributed by atoms with van der Waals surface area (Å²) < 4.78 is 4.85. The first kappa shape index (κ1) is 20.3. The van der Waals surface area contributed by atoms with Crippen molar-refractivity contribution in [1.82, 2.24) is 18.7 Å². The summed E-state index contributed by atoms with van der Waals surface area (Å²) in [5.41, 5.74) is 3.65. The van der Waals surface area contributed by atoms with Crippen LogP contribution in [0.25, 0.3) is 11.2 Å². The van der Waals surface area contributed by atoms with E-state index < -0.39 is 0 Å². The van der Waals surface area contributed by atoms with Crippen LogP contribution in [0.2, 0.25) is 0 Å². The highest BCUT2D eigenvalue weighted by Crippen LogP contribution is 2.33. The third kappa shape index (κ3) is 3.34. The van der Waals surface area contributed by atoms with Crippen molar-refractivity contribution in [3.63, 3.8) is 0 Å². The van der Waals surface area contributed by atoms with Gasteiger partial charge < -0.3 is 9.47 Å². The van der Waals surface area contributed by atoms with Gasteiger partial charge in [-0.3, -0.25) is 13.9 Å². The van der Waals surface area contributed by atoms with Crippen molar-refractivity contribution in [2.24, 2.45) is 13.0 Å². The SMILES string of the molecule is Cc1cccc(N2C[C@H](C)Cn3c2nc2c3c(=O)n(CCc3ccccc3)c(=O)n2C)c1. The molecule has 0 saturated carbocycles. The predicted octanol–water partition coefficient (Wildman–Crippen LogP) is 3.24. The number of benzene rings is 2. The monoisotopic (exact) mass is 429 g/mol. The molecule has 0 amide bonds. The molecule has 164 valence electrons. The summed E-state index contributed by atoms with van der Waals surface area (Å²) in [5.74, 6) is 1.05. The van der Waals surface area contributed by atoms with E-state index in [2.05, 4.69) is 36.9 Å². The number of imidazole rings is 1. The first-order valence-electron chi connectivity index (χ1n) is 11.0. The van der Waals surface area contributed by atoms with Crippen molar-refractivity contribution < 1.29 is 0 Å². The zero-order chi connectivity index (χ0) is 22.4. The molecule has 2 aromatic carbocycles. The van der Waals surface area contributed by atoms with Gasteiger partial charge in [-0.15, -0.1) is 0 Å². The van der Waals surface area contributed by atoms with Crippen LogP contribution in [-0.4, -0.2) is 25.2 Å².